The molecule has 0 bridgehead atoms. The summed E-state index contributed by atoms with van der Waals surface area (Å²) >= 11 is 1.27. The van der Waals surface area contributed by atoms with Crippen molar-refractivity contribution >= 4 is 22.9 Å². The molecule has 0 aliphatic rings. The summed E-state index contributed by atoms with van der Waals surface area (Å²) in [7, 11) is 2.95. The molecule has 154 valence electrons. The molecule has 4 rings (SSSR count). The van der Waals surface area contributed by atoms with Gasteiger partial charge in [-0.1, -0.05) is 42.1 Å². The Hall–Kier alpha value is -3.20. The van der Waals surface area contributed by atoms with Crippen LogP contribution in [0.4, 0.5) is 8.78 Å². The molecule has 9 heteroatoms. The first-order valence-electron chi connectivity index (χ1n) is 9.13. The van der Waals surface area contributed by atoms with E-state index < -0.39 is 11.2 Å². The molecule has 0 N–H and O–H groups in total. The Bertz CT molecular complexity index is 1360. The van der Waals surface area contributed by atoms with Crippen LogP contribution >= 0.6 is 11.8 Å². The molecule has 30 heavy (non-hydrogen) atoms. The highest BCUT2D eigenvalue weighted by Gasteiger charge is 2.20. The summed E-state index contributed by atoms with van der Waals surface area (Å²) in [5.41, 5.74) is 0.829. The third kappa shape index (κ3) is 3.56. The lowest BCUT2D eigenvalue weighted by Crippen LogP contribution is -2.37. The Kier molecular flexibility index (Phi) is 5.29. The van der Waals surface area contributed by atoms with Crippen LogP contribution in [0, 0.1) is 11.6 Å². The summed E-state index contributed by atoms with van der Waals surface area (Å²) in [5, 5.41) is 0.468. The van der Waals surface area contributed by atoms with Gasteiger partial charge in [-0.2, -0.15) is 0 Å². The summed E-state index contributed by atoms with van der Waals surface area (Å²) < 4.78 is 31.4. The van der Waals surface area contributed by atoms with Gasteiger partial charge in [-0.15, -0.1) is 0 Å². The average Bonchev–Trinajstić information content (AvgIpc) is 3.10. The van der Waals surface area contributed by atoms with Crippen LogP contribution < -0.4 is 11.2 Å². The molecule has 0 aliphatic carbocycles. The molecule has 0 saturated carbocycles. The number of hydrogen-bond donors (Lipinski definition) is 0. The van der Waals surface area contributed by atoms with Gasteiger partial charge in [0.25, 0.3) is 5.56 Å². The molecule has 0 saturated heterocycles. The van der Waals surface area contributed by atoms with Crippen molar-refractivity contribution in [3.05, 3.63) is 92.1 Å². The highest BCUT2D eigenvalue weighted by atomic mass is 32.2. The number of hydrogen-bond acceptors (Lipinski definition) is 4. The highest BCUT2D eigenvalue weighted by molar-refractivity contribution is 7.98. The number of halogens is 2. The van der Waals surface area contributed by atoms with Crippen molar-refractivity contribution < 1.29 is 8.78 Å². The van der Waals surface area contributed by atoms with Crippen LogP contribution in [0.25, 0.3) is 11.2 Å². The van der Waals surface area contributed by atoms with Crippen LogP contribution in [-0.2, 0) is 26.4 Å². The van der Waals surface area contributed by atoms with E-state index in [1.165, 1.54) is 41.6 Å². The molecule has 0 amide bonds. The van der Waals surface area contributed by atoms with Crippen molar-refractivity contribution in [2.75, 3.05) is 0 Å². The minimum atomic E-state index is -0.482. The lowest BCUT2D eigenvalue weighted by molar-refractivity contribution is 0.617. The summed E-state index contributed by atoms with van der Waals surface area (Å²) in [6, 6.07) is 12.4. The van der Waals surface area contributed by atoms with Gasteiger partial charge in [-0.05, 0) is 29.3 Å². The zero-order chi connectivity index (χ0) is 21.4. The minimum absolute atomic E-state index is 0.251. The fraction of sp³-hybridized carbons (Fsp3) is 0.190. The van der Waals surface area contributed by atoms with Crippen molar-refractivity contribution in [1.82, 2.24) is 18.7 Å². The van der Waals surface area contributed by atoms with Crippen molar-refractivity contribution in [3.8, 4) is 0 Å². The van der Waals surface area contributed by atoms with Gasteiger partial charge in [0.15, 0.2) is 16.3 Å². The standard InChI is InChI=1S/C21H18F2N4O2S/c1-25-18-17(19(28)26(2)21(25)29)27(11-13-7-9-15(22)10-8-13)20(24-18)30-12-14-5-3-4-6-16(14)23/h3-10H,11-12H2,1-2H3. The second-order valence-electron chi connectivity index (χ2n) is 6.87. The Balaban J connectivity index is 1.85. The first-order valence-corrected chi connectivity index (χ1v) is 10.1. The number of benzene rings is 2. The van der Waals surface area contributed by atoms with Gasteiger partial charge in [0.2, 0.25) is 0 Å². The van der Waals surface area contributed by atoms with Crippen LogP contribution in [0.1, 0.15) is 11.1 Å². The number of imidazole rings is 1. The van der Waals surface area contributed by atoms with Crippen molar-refractivity contribution in [2.45, 2.75) is 17.5 Å². The van der Waals surface area contributed by atoms with Gasteiger partial charge in [-0.3, -0.25) is 13.9 Å². The molecule has 4 aromatic rings. The molecule has 0 fully saturated rings. The van der Waals surface area contributed by atoms with Crippen LogP contribution in [-0.4, -0.2) is 18.7 Å². The van der Waals surface area contributed by atoms with Gasteiger partial charge in [-0.25, -0.2) is 18.6 Å². The van der Waals surface area contributed by atoms with Crippen molar-refractivity contribution in [1.29, 1.82) is 0 Å². The monoisotopic (exact) mass is 428 g/mol. The topological polar surface area (TPSA) is 61.8 Å². The Morgan fingerprint density at radius 1 is 0.967 bits per heavy atom. The van der Waals surface area contributed by atoms with E-state index in [0.29, 0.717) is 16.5 Å². The summed E-state index contributed by atoms with van der Waals surface area (Å²) in [6.07, 6.45) is 0. The molecule has 0 spiro atoms. The maximum atomic E-state index is 14.0. The fourth-order valence-corrected chi connectivity index (χ4v) is 4.19. The van der Waals surface area contributed by atoms with E-state index in [1.54, 1.807) is 41.9 Å². The molecule has 0 radical (unpaired) electrons. The number of rotatable bonds is 5. The molecular formula is C21H18F2N4O2S. The van der Waals surface area contributed by atoms with Crippen molar-refractivity contribution in [3.63, 3.8) is 0 Å². The second kappa shape index (κ2) is 7.91. The van der Waals surface area contributed by atoms with Crippen LogP contribution in [0.2, 0.25) is 0 Å². The zero-order valence-electron chi connectivity index (χ0n) is 16.3. The Morgan fingerprint density at radius 3 is 2.37 bits per heavy atom. The van der Waals surface area contributed by atoms with E-state index in [-0.39, 0.29) is 29.3 Å². The average molecular weight is 428 g/mol. The van der Waals surface area contributed by atoms with Crippen LogP contribution in [0.15, 0.2) is 63.3 Å². The predicted molar refractivity (Wildman–Crippen MR) is 112 cm³/mol. The van der Waals surface area contributed by atoms with Crippen LogP contribution in [0.3, 0.4) is 0 Å². The zero-order valence-corrected chi connectivity index (χ0v) is 17.1. The Labute approximate surface area is 174 Å². The van der Waals surface area contributed by atoms with E-state index in [9.17, 15) is 18.4 Å². The lowest BCUT2D eigenvalue weighted by Gasteiger charge is -2.10. The second-order valence-corrected chi connectivity index (χ2v) is 7.81. The van der Waals surface area contributed by atoms with Crippen LogP contribution in [0.5, 0.6) is 0 Å². The van der Waals surface area contributed by atoms with E-state index in [0.717, 1.165) is 10.1 Å². The first-order chi connectivity index (χ1) is 14.4. The highest BCUT2D eigenvalue weighted by Crippen LogP contribution is 2.27. The third-order valence-corrected chi connectivity index (χ3v) is 5.91. The molecule has 2 aromatic carbocycles. The first kappa shape index (κ1) is 20.1. The molecule has 0 aliphatic heterocycles. The summed E-state index contributed by atoms with van der Waals surface area (Å²) in [4.78, 5) is 29.7. The summed E-state index contributed by atoms with van der Waals surface area (Å²) in [5.74, 6) is -0.385. The van der Waals surface area contributed by atoms with E-state index >= 15 is 0 Å². The number of fused-ring (bicyclic) bond motifs is 1. The lowest BCUT2D eigenvalue weighted by atomic mass is 10.2. The van der Waals surface area contributed by atoms with Gasteiger partial charge in [0.05, 0.1) is 6.54 Å². The normalized spacial score (nSPS) is 11.3. The van der Waals surface area contributed by atoms with E-state index in [2.05, 4.69) is 4.98 Å². The number of nitrogens with zero attached hydrogens (tertiary/aromatic N) is 4. The number of thioether (sulfide) groups is 1. The van der Waals surface area contributed by atoms with Gasteiger partial charge in [0, 0.05) is 19.8 Å². The van der Waals surface area contributed by atoms with E-state index in [4.69, 9.17) is 0 Å². The smallest absolute Gasteiger partial charge is 0.309 e. The SMILES string of the molecule is Cn1c(=O)c2c(nc(SCc3ccccc3F)n2Cc2ccc(F)cc2)n(C)c1=O. The predicted octanol–water partition coefficient (Wildman–Crippen LogP) is 3.05. The van der Waals surface area contributed by atoms with E-state index in [1.807, 2.05) is 0 Å². The molecule has 2 heterocycles. The summed E-state index contributed by atoms with van der Waals surface area (Å²) in [6.45, 7) is 0.254. The van der Waals surface area contributed by atoms with Gasteiger partial charge >= 0.3 is 5.69 Å². The Morgan fingerprint density at radius 2 is 1.67 bits per heavy atom. The number of aryl methyl sites for hydroxylation is 1. The molecule has 0 unspecified atom stereocenters. The van der Waals surface area contributed by atoms with Gasteiger partial charge in [0.1, 0.15) is 11.6 Å². The largest absolute Gasteiger partial charge is 0.332 e. The molecule has 6 nitrogen and oxygen atoms in total. The quantitative estimate of drug-likeness (QED) is 0.459. The maximum absolute atomic E-state index is 14.0. The maximum Gasteiger partial charge on any atom is 0.332 e. The fourth-order valence-electron chi connectivity index (χ4n) is 3.21. The molecule has 2 aromatic heterocycles. The third-order valence-electron chi connectivity index (χ3n) is 4.88. The molecular weight excluding hydrogens is 410 g/mol. The molecule has 0 atom stereocenters. The van der Waals surface area contributed by atoms with Crippen molar-refractivity contribution in [2.24, 2.45) is 14.1 Å². The van der Waals surface area contributed by atoms with Gasteiger partial charge < -0.3 is 4.57 Å². The minimum Gasteiger partial charge on any atom is -0.309 e. The number of aromatic nitrogens is 4.